The minimum Gasteiger partial charge on any atom is -0.497 e. The number of carbonyl (C=O) groups excluding carboxylic acids is 6. The van der Waals surface area contributed by atoms with Crippen LogP contribution in [0.4, 0.5) is 0 Å². The van der Waals surface area contributed by atoms with Crippen molar-refractivity contribution in [3.63, 3.8) is 0 Å². The smallest absolute Gasteiger partial charge is 0.333 e. The Balaban J connectivity index is 1.44. The first-order valence-corrected chi connectivity index (χ1v) is 14.1. The van der Waals surface area contributed by atoms with Gasteiger partial charge in [0.05, 0.1) is 44.3 Å². The van der Waals surface area contributed by atoms with E-state index in [4.69, 9.17) is 38.0 Å². The van der Waals surface area contributed by atoms with Crippen molar-refractivity contribution in [2.24, 2.45) is 0 Å². The molecule has 5 atom stereocenters. The first-order valence-electron chi connectivity index (χ1n) is 14.1. The SMILES string of the molecule is COc1ccc(COC[C@H]2O[C@H](OC)[C@H](OC(C)=O)[C@@H](OC(C)=O)[C@@H]2OC(=O)CCC(=O)ON2C(=O)c3ccccc3C2=O)cc1. The highest BCUT2D eigenvalue weighted by molar-refractivity contribution is 6.20. The molecule has 0 unspecified atom stereocenters. The van der Waals surface area contributed by atoms with E-state index in [1.165, 1.54) is 19.2 Å². The number of imide groups is 1. The standard InChI is InChI=1S/C31H33NO14/c1-17(33)42-27-26(45-24(35)13-14-25(36)46-32-29(37)21-7-5-6-8-22(21)30(32)38)23(44-31(40-4)28(27)43-18(2)34)16-41-15-19-9-11-20(39-3)12-10-19/h5-12,23,26-28,31H,13-16H2,1-4H3/t23-,26-,27+,28-,31+/m1/s1. The number of benzene rings is 2. The van der Waals surface area contributed by atoms with Crippen LogP contribution in [-0.4, -0.2) is 92.3 Å². The molecular weight excluding hydrogens is 610 g/mol. The fourth-order valence-electron chi connectivity index (χ4n) is 4.81. The monoisotopic (exact) mass is 643 g/mol. The van der Waals surface area contributed by atoms with Crippen LogP contribution in [0.3, 0.4) is 0 Å². The van der Waals surface area contributed by atoms with Crippen molar-refractivity contribution in [1.82, 2.24) is 5.06 Å². The summed E-state index contributed by atoms with van der Waals surface area (Å²) in [4.78, 5) is 79.4. The van der Waals surface area contributed by atoms with Gasteiger partial charge in [0, 0.05) is 21.0 Å². The lowest BCUT2D eigenvalue weighted by Gasteiger charge is -2.43. The molecule has 15 nitrogen and oxygen atoms in total. The topological polar surface area (TPSA) is 180 Å². The van der Waals surface area contributed by atoms with E-state index in [0.717, 1.165) is 19.4 Å². The van der Waals surface area contributed by atoms with Gasteiger partial charge in [-0.3, -0.25) is 24.0 Å². The largest absolute Gasteiger partial charge is 0.497 e. The summed E-state index contributed by atoms with van der Waals surface area (Å²) in [6, 6.07) is 13.0. The maximum absolute atomic E-state index is 13.0. The van der Waals surface area contributed by atoms with E-state index in [-0.39, 0.29) is 24.3 Å². The van der Waals surface area contributed by atoms with Crippen molar-refractivity contribution >= 4 is 35.7 Å². The molecule has 2 amide bonds. The number of nitrogens with zero attached hydrogens (tertiary/aromatic N) is 1. The van der Waals surface area contributed by atoms with Gasteiger partial charge in [0.1, 0.15) is 11.9 Å². The molecule has 0 aromatic heterocycles. The maximum Gasteiger partial charge on any atom is 0.333 e. The van der Waals surface area contributed by atoms with E-state index in [2.05, 4.69) is 0 Å². The predicted molar refractivity (Wildman–Crippen MR) is 152 cm³/mol. The van der Waals surface area contributed by atoms with E-state index in [1.807, 2.05) is 0 Å². The zero-order valence-corrected chi connectivity index (χ0v) is 25.5. The highest BCUT2D eigenvalue weighted by Gasteiger charge is 2.52. The number of hydroxylamine groups is 2. The Bertz CT molecular complexity index is 1420. The number of carbonyl (C=O) groups is 6. The van der Waals surface area contributed by atoms with Crippen molar-refractivity contribution in [2.75, 3.05) is 20.8 Å². The van der Waals surface area contributed by atoms with Crippen molar-refractivity contribution < 1.29 is 66.8 Å². The minimum atomic E-state index is -1.39. The van der Waals surface area contributed by atoms with Gasteiger partial charge in [0.25, 0.3) is 11.8 Å². The number of methoxy groups -OCH3 is 2. The first kappa shape index (κ1) is 34.0. The Kier molecular flexibility index (Phi) is 11.4. The number of rotatable bonds is 13. The summed E-state index contributed by atoms with van der Waals surface area (Å²) in [5.74, 6) is -4.52. The summed E-state index contributed by atoms with van der Waals surface area (Å²) in [7, 11) is 2.83. The van der Waals surface area contributed by atoms with Gasteiger partial charge in [-0.05, 0) is 29.8 Å². The van der Waals surface area contributed by atoms with E-state index in [0.29, 0.717) is 10.8 Å². The lowest BCUT2D eigenvalue weighted by Crippen LogP contribution is -2.62. The van der Waals surface area contributed by atoms with Gasteiger partial charge in [0.15, 0.2) is 24.6 Å². The van der Waals surface area contributed by atoms with Crippen LogP contribution in [0.25, 0.3) is 0 Å². The van der Waals surface area contributed by atoms with Gasteiger partial charge >= 0.3 is 23.9 Å². The molecule has 15 heteroatoms. The molecule has 0 spiro atoms. The number of ether oxygens (including phenoxy) is 7. The molecular formula is C31H33NO14. The minimum absolute atomic E-state index is 0.0745. The van der Waals surface area contributed by atoms with Crippen molar-refractivity contribution in [3.8, 4) is 5.75 Å². The molecule has 4 rings (SSSR count). The van der Waals surface area contributed by atoms with E-state index < -0.39 is 79.2 Å². The normalized spacial score (nSPS) is 22.1. The summed E-state index contributed by atoms with van der Waals surface area (Å²) >= 11 is 0. The third kappa shape index (κ3) is 8.24. The Hall–Kier alpha value is -4.86. The summed E-state index contributed by atoms with van der Waals surface area (Å²) in [6.07, 6.45) is -7.55. The molecule has 2 aliphatic rings. The fourth-order valence-corrected chi connectivity index (χ4v) is 4.81. The number of hydrogen-bond donors (Lipinski definition) is 0. The van der Waals surface area contributed by atoms with Crippen LogP contribution in [0.1, 0.15) is 53.0 Å². The lowest BCUT2D eigenvalue weighted by atomic mass is 9.98. The molecule has 1 fully saturated rings. The molecule has 2 aromatic carbocycles. The second-order valence-electron chi connectivity index (χ2n) is 10.2. The van der Waals surface area contributed by atoms with Crippen LogP contribution in [0.2, 0.25) is 0 Å². The predicted octanol–water partition coefficient (Wildman–Crippen LogP) is 1.89. The number of fused-ring (bicyclic) bond motifs is 1. The van der Waals surface area contributed by atoms with Crippen LogP contribution < -0.4 is 4.74 Å². The highest BCUT2D eigenvalue weighted by Crippen LogP contribution is 2.30. The molecule has 246 valence electrons. The first-order chi connectivity index (χ1) is 22.0. The van der Waals surface area contributed by atoms with Gasteiger partial charge in [-0.25, -0.2) is 4.79 Å². The molecule has 0 N–H and O–H groups in total. The Morgan fingerprint density at radius 2 is 1.35 bits per heavy atom. The van der Waals surface area contributed by atoms with Gasteiger partial charge in [-0.1, -0.05) is 29.3 Å². The molecule has 0 saturated carbocycles. The third-order valence-corrected chi connectivity index (χ3v) is 6.89. The summed E-state index contributed by atoms with van der Waals surface area (Å²) < 4.78 is 38.7. The molecule has 0 radical (unpaired) electrons. The van der Waals surface area contributed by atoms with Crippen molar-refractivity contribution in [3.05, 3.63) is 65.2 Å². The van der Waals surface area contributed by atoms with E-state index >= 15 is 0 Å². The summed E-state index contributed by atoms with van der Waals surface area (Å²) in [6.45, 7) is 2.18. The zero-order chi connectivity index (χ0) is 33.4. The average Bonchev–Trinajstić information content (AvgIpc) is 3.27. The summed E-state index contributed by atoms with van der Waals surface area (Å²) in [5, 5.41) is 0.328. The Morgan fingerprint density at radius 1 is 0.761 bits per heavy atom. The summed E-state index contributed by atoms with van der Waals surface area (Å²) in [5.41, 5.74) is 0.940. The quantitative estimate of drug-likeness (QED) is 0.175. The van der Waals surface area contributed by atoms with E-state index in [9.17, 15) is 28.8 Å². The van der Waals surface area contributed by atoms with Crippen LogP contribution in [-0.2, 0) is 59.0 Å². The highest BCUT2D eigenvalue weighted by atomic mass is 16.7. The zero-order valence-electron chi connectivity index (χ0n) is 25.5. The Morgan fingerprint density at radius 3 is 1.91 bits per heavy atom. The van der Waals surface area contributed by atoms with Gasteiger partial charge in [0.2, 0.25) is 0 Å². The molecule has 46 heavy (non-hydrogen) atoms. The Labute approximate surface area is 263 Å². The molecule has 2 heterocycles. The number of esters is 3. The van der Waals surface area contributed by atoms with Crippen LogP contribution in [0.5, 0.6) is 5.75 Å². The van der Waals surface area contributed by atoms with Gasteiger partial charge in [-0.15, -0.1) is 0 Å². The maximum atomic E-state index is 13.0. The molecule has 2 aromatic rings. The van der Waals surface area contributed by atoms with Crippen LogP contribution in [0.15, 0.2) is 48.5 Å². The van der Waals surface area contributed by atoms with Crippen LogP contribution >= 0.6 is 0 Å². The molecule has 0 bridgehead atoms. The molecule has 1 saturated heterocycles. The number of amides is 2. The molecule has 2 aliphatic heterocycles. The van der Waals surface area contributed by atoms with Crippen molar-refractivity contribution in [1.29, 1.82) is 0 Å². The van der Waals surface area contributed by atoms with Gasteiger partial charge in [-0.2, -0.15) is 0 Å². The van der Waals surface area contributed by atoms with Crippen molar-refractivity contribution in [2.45, 2.75) is 64.0 Å². The van der Waals surface area contributed by atoms with E-state index in [1.54, 1.807) is 43.5 Å². The average molecular weight is 644 g/mol. The van der Waals surface area contributed by atoms with Crippen LogP contribution in [0, 0.1) is 0 Å². The fraction of sp³-hybridized carbons (Fsp3) is 0.419. The number of hydrogen-bond acceptors (Lipinski definition) is 14. The molecule has 0 aliphatic carbocycles. The third-order valence-electron chi connectivity index (χ3n) is 6.89. The second-order valence-corrected chi connectivity index (χ2v) is 10.2. The van der Waals surface area contributed by atoms with Gasteiger partial charge < -0.3 is 38.0 Å². The lowest BCUT2D eigenvalue weighted by molar-refractivity contribution is -0.304. The second kappa shape index (κ2) is 15.4.